The van der Waals surface area contributed by atoms with Crippen molar-refractivity contribution < 1.29 is 4.74 Å². The fourth-order valence-corrected chi connectivity index (χ4v) is 2.03. The maximum Gasteiger partial charge on any atom is 0.327 e. The lowest BCUT2D eigenvalue weighted by molar-refractivity contribution is 0.128. The molecule has 19 heavy (non-hydrogen) atoms. The van der Waals surface area contributed by atoms with E-state index >= 15 is 0 Å². The van der Waals surface area contributed by atoms with E-state index in [0.717, 1.165) is 0 Å². The van der Waals surface area contributed by atoms with Gasteiger partial charge in [-0.3, -0.25) is 14.8 Å². The summed E-state index contributed by atoms with van der Waals surface area (Å²) in [6.07, 6.45) is 0.668. The Bertz CT molecular complexity index is 667. The molecule has 3 N–H and O–H groups in total. The van der Waals surface area contributed by atoms with Crippen LogP contribution in [0.4, 0.5) is 0 Å². The third-order valence-electron chi connectivity index (χ3n) is 3.22. The summed E-state index contributed by atoms with van der Waals surface area (Å²) in [4.78, 5) is 34.6. The van der Waals surface area contributed by atoms with Crippen molar-refractivity contribution in [3.05, 3.63) is 26.7 Å². The largest absolute Gasteiger partial charge is 0.384 e. The summed E-state index contributed by atoms with van der Waals surface area (Å²) in [6.45, 7) is 4.85. The van der Waals surface area contributed by atoms with Crippen molar-refractivity contribution in [1.29, 1.82) is 0 Å². The molecule has 0 aliphatic heterocycles. The zero-order valence-electron chi connectivity index (χ0n) is 11.2. The SMILES string of the molecule is COCC(Cc1nc2[nH]c(=O)[nH]c(=O)c2[nH]1)C(C)C. The van der Waals surface area contributed by atoms with E-state index in [1.807, 2.05) is 0 Å². The van der Waals surface area contributed by atoms with Crippen molar-refractivity contribution in [3.8, 4) is 0 Å². The maximum absolute atomic E-state index is 11.6. The van der Waals surface area contributed by atoms with E-state index in [0.29, 0.717) is 41.9 Å². The minimum atomic E-state index is -0.548. The summed E-state index contributed by atoms with van der Waals surface area (Å²) in [6, 6.07) is 0. The smallest absolute Gasteiger partial charge is 0.327 e. The van der Waals surface area contributed by atoms with Gasteiger partial charge in [-0.15, -0.1) is 0 Å². The molecule has 7 nitrogen and oxygen atoms in total. The predicted molar refractivity (Wildman–Crippen MR) is 71.2 cm³/mol. The molecular formula is C12H18N4O3. The number of nitrogens with one attached hydrogen (secondary N) is 3. The lowest BCUT2D eigenvalue weighted by atomic mass is 9.93. The Hall–Kier alpha value is -1.89. The molecule has 0 aliphatic rings. The van der Waals surface area contributed by atoms with Crippen LogP contribution in [-0.2, 0) is 11.2 Å². The predicted octanol–water partition coefficient (Wildman–Crippen LogP) is 0.401. The Morgan fingerprint density at radius 1 is 1.21 bits per heavy atom. The fraction of sp³-hybridized carbons (Fsp3) is 0.583. The Morgan fingerprint density at radius 2 is 1.95 bits per heavy atom. The van der Waals surface area contributed by atoms with E-state index in [-0.39, 0.29) is 0 Å². The molecule has 1 unspecified atom stereocenters. The third-order valence-corrected chi connectivity index (χ3v) is 3.22. The molecule has 2 rings (SSSR count). The summed E-state index contributed by atoms with van der Waals surface area (Å²) < 4.78 is 5.19. The Balaban J connectivity index is 2.33. The van der Waals surface area contributed by atoms with Crippen LogP contribution in [0.3, 0.4) is 0 Å². The Kier molecular flexibility index (Phi) is 3.84. The number of hydrogen-bond acceptors (Lipinski definition) is 4. The fourth-order valence-electron chi connectivity index (χ4n) is 2.03. The summed E-state index contributed by atoms with van der Waals surface area (Å²) in [5.41, 5.74) is -0.406. The number of methoxy groups -OCH3 is 1. The van der Waals surface area contributed by atoms with E-state index in [9.17, 15) is 9.59 Å². The van der Waals surface area contributed by atoms with Crippen LogP contribution in [0.25, 0.3) is 11.2 Å². The molecule has 0 aliphatic carbocycles. The number of ether oxygens (including phenoxy) is 1. The summed E-state index contributed by atoms with van der Waals surface area (Å²) in [5.74, 6) is 1.42. The highest BCUT2D eigenvalue weighted by atomic mass is 16.5. The van der Waals surface area contributed by atoms with E-state index < -0.39 is 11.2 Å². The Labute approximate surface area is 109 Å². The highest BCUT2D eigenvalue weighted by Crippen LogP contribution is 2.16. The number of aromatic nitrogens is 4. The van der Waals surface area contributed by atoms with Gasteiger partial charge >= 0.3 is 5.69 Å². The average Bonchev–Trinajstić information content (AvgIpc) is 2.71. The van der Waals surface area contributed by atoms with Crippen LogP contribution < -0.4 is 11.2 Å². The third kappa shape index (κ3) is 2.93. The molecule has 7 heteroatoms. The van der Waals surface area contributed by atoms with E-state index in [2.05, 4.69) is 33.8 Å². The second-order valence-electron chi connectivity index (χ2n) is 4.98. The maximum atomic E-state index is 11.6. The van der Waals surface area contributed by atoms with Crippen molar-refractivity contribution in [1.82, 2.24) is 19.9 Å². The molecule has 0 radical (unpaired) electrons. The van der Waals surface area contributed by atoms with Gasteiger partial charge in [0.1, 0.15) is 11.3 Å². The highest BCUT2D eigenvalue weighted by Gasteiger charge is 2.17. The van der Waals surface area contributed by atoms with Crippen molar-refractivity contribution >= 4 is 11.2 Å². The van der Waals surface area contributed by atoms with Gasteiger partial charge in [0, 0.05) is 20.1 Å². The van der Waals surface area contributed by atoms with Crippen LogP contribution in [0.2, 0.25) is 0 Å². The van der Waals surface area contributed by atoms with E-state index in [1.165, 1.54) is 0 Å². The quantitative estimate of drug-likeness (QED) is 0.728. The summed E-state index contributed by atoms with van der Waals surface area (Å²) in [5, 5.41) is 0. The number of aromatic amines is 3. The van der Waals surface area contributed by atoms with E-state index in [1.54, 1.807) is 7.11 Å². The number of hydrogen-bond donors (Lipinski definition) is 3. The molecule has 2 aromatic rings. The van der Waals surface area contributed by atoms with Gasteiger partial charge in [-0.1, -0.05) is 13.8 Å². The first-order valence-electron chi connectivity index (χ1n) is 6.21. The number of nitrogens with zero attached hydrogens (tertiary/aromatic N) is 1. The number of H-pyrrole nitrogens is 3. The van der Waals surface area contributed by atoms with Crippen LogP contribution >= 0.6 is 0 Å². The van der Waals surface area contributed by atoms with Crippen molar-refractivity contribution in [2.24, 2.45) is 11.8 Å². The molecule has 0 saturated carbocycles. The highest BCUT2D eigenvalue weighted by molar-refractivity contribution is 5.68. The van der Waals surface area contributed by atoms with Gasteiger partial charge in [0.05, 0.1) is 0 Å². The zero-order valence-corrected chi connectivity index (χ0v) is 11.2. The normalized spacial score (nSPS) is 13.3. The first-order chi connectivity index (χ1) is 9.01. The van der Waals surface area contributed by atoms with Crippen LogP contribution in [-0.4, -0.2) is 33.7 Å². The number of rotatable bonds is 5. The second kappa shape index (κ2) is 5.40. The molecule has 2 heterocycles. The Morgan fingerprint density at radius 3 is 2.58 bits per heavy atom. The van der Waals surface area contributed by atoms with E-state index in [4.69, 9.17) is 4.74 Å². The number of imidazole rings is 1. The molecule has 0 fully saturated rings. The standard InChI is InChI=1S/C12H18N4O3/c1-6(2)7(5-19-3)4-8-13-9-10(14-8)15-12(18)16-11(9)17/h6-7H,4-5H2,1-3H3,(H3,13,14,15,16,17,18). The van der Waals surface area contributed by atoms with Gasteiger partial charge in [0.2, 0.25) is 0 Å². The average molecular weight is 266 g/mol. The molecule has 0 spiro atoms. The minimum absolute atomic E-state index is 0.295. The number of fused-ring (bicyclic) bond motifs is 1. The summed E-state index contributed by atoms with van der Waals surface area (Å²) >= 11 is 0. The van der Waals surface area contributed by atoms with Crippen molar-refractivity contribution in [2.45, 2.75) is 20.3 Å². The van der Waals surface area contributed by atoms with Gasteiger partial charge < -0.3 is 9.72 Å². The monoisotopic (exact) mass is 266 g/mol. The first kappa shape index (κ1) is 13.5. The molecule has 0 bridgehead atoms. The minimum Gasteiger partial charge on any atom is -0.384 e. The molecule has 0 aromatic carbocycles. The zero-order chi connectivity index (χ0) is 14.0. The van der Waals surface area contributed by atoms with Crippen LogP contribution in [0.5, 0.6) is 0 Å². The van der Waals surface area contributed by atoms with Gasteiger partial charge in [-0.05, 0) is 11.8 Å². The van der Waals surface area contributed by atoms with Gasteiger partial charge in [-0.2, -0.15) is 0 Å². The van der Waals surface area contributed by atoms with Crippen LogP contribution in [0.1, 0.15) is 19.7 Å². The van der Waals surface area contributed by atoms with Crippen molar-refractivity contribution in [2.75, 3.05) is 13.7 Å². The molecular weight excluding hydrogens is 248 g/mol. The van der Waals surface area contributed by atoms with Crippen molar-refractivity contribution in [3.63, 3.8) is 0 Å². The molecule has 0 amide bonds. The van der Waals surface area contributed by atoms with Gasteiger partial charge in [0.15, 0.2) is 5.65 Å². The molecule has 104 valence electrons. The lowest BCUT2D eigenvalue weighted by Crippen LogP contribution is -2.21. The van der Waals surface area contributed by atoms with Crippen LogP contribution in [0, 0.1) is 11.8 Å². The first-order valence-corrected chi connectivity index (χ1v) is 6.21. The van der Waals surface area contributed by atoms with Crippen LogP contribution in [0.15, 0.2) is 9.59 Å². The summed E-state index contributed by atoms with van der Waals surface area (Å²) in [7, 11) is 1.66. The molecule has 0 saturated heterocycles. The van der Waals surface area contributed by atoms with Gasteiger partial charge in [0.25, 0.3) is 5.56 Å². The van der Waals surface area contributed by atoms with Gasteiger partial charge in [-0.25, -0.2) is 9.78 Å². The second-order valence-corrected chi connectivity index (χ2v) is 4.98. The molecule has 2 aromatic heterocycles. The topological polar surface area (TPSA) is 104 Å². The molecule has 1 atom stereocenters. The lowest BCUT2D eigenvalue weighted by Gasteiger charge is -2.18.